The summed E-state index contributed by atoms with van der Waals surface area (Å²) in [6.07, 6.45) is 6.87. The third-order valence-electron chi connectivity index (χ3n) is 1.75. The average molecular weight is 193 g/mol. The molecule has 0 fully saturated rings. The molecule has 3 heteroatoms. The minimum absolute atomic E-state index is 0.133. The van der Waals surface area contributed by atoms with E-state index in [1.807, 2.05) is 19.1 Å². The van der Waals surface area contributed by atoms with Crippen molar-refractivity contribution < 1.29 is 9.15 Å². The summed E-state index contributed by atoms with van der Waals surface area (Å²) in [6.45, 7) is 3.83. The monoisotopic (exact) mass is 193 g/mol. The van der Waals surface area contributed by atoms with Crippen LogP contribution in [0.25, 0.3) is 0 Å². The molecule has 1 heterocycles. The van der Waals surface area contributed by atoms with Gasteiger partial charge in [-0.1, -0.05) is 5.92 Å². The summed E-state index contributed by atoms with van der Waals surface area (Å²) in [5.74, 6) is 3.35. The van der Waals surface area contributed by atoms with Crippen LogP contribution in [0.15, 0.2) is 22.8 Å². The Hall–Kier alpha value is -1.24. The van der Waals surface area contributed by atoms with Gasteiger partial charge in [0.25, 0.3) is 0 Å². The molecule has 1 aromatic heterocycles. The second-order valence-electron chi connectivity index (χ2n) is 3.04. The van der Waals surface area contributed by atoms with Crippen molar-refractivity contribution in [3.63, 3.8) is 0 Å². The van der Waals surface area contributed by atoms with Gasteiger partial charge in [0, 0.05) is 6.54 Å². The highest BCUT2D eigenvalue weighted by atomic mass is 16.5. The first-order chi connectivity index (χ1) is 6.83. The Bertz CT molecular complexity index is 274. The van der Waals surface area contributed by atoms with Crippen LogP contribution >= 0.6 is 0 Å². The minimum Gasteiger partial charge on any atom is -0.467 e. The molecule has 0 saturated heterocycles. The Morgan fingerprint density at radius 1 is 1.71 bits per heavy atom. The van der Waals surface area contributed by atoms with Crippen molar-refractivity contribution in [1.82, 2.24) is 5.32 Å². The molecule has 1 aromatic rings. The second kappa shape index (κ2) is 6.25. The molecular formula is C11H15NO2. The third-order valence-corrected chi connectivity index (χ3v) is 1.75. The van der Waals surface area contributed by atoms with Gasteiger partial charge in [0.1, 0.15) is 12.4 Å². The van der Waals surface area contributed by atoms with Crippen LogP contribution < -0.4 is 5.32 Å². The van der Waals surface area contributed by atoms with Crippen molar-refractivity contribution in [3.8, 4) is 12.3 Å². The van der Waals surface area contributed by atoms with Crippen LogP contribution in [0.5, 0.6) is 0 Å². The van der Waals surface area contributed by atoms with Gasteiger partial charge in [-0.25, -0.2) is 0 Å². The van der Waals surface area contributed by atoms with E-state index in [1.54, 1.807) is 6.26 Å². The quantitative estimate of drug-likeness (QED) is 0.548. The fourth-order valence-electron chi connectivity index (χ4n) is 1.03. The van der Waals surface area contributed by atoms with Crippen LogP contribution in [0.2, 0.25) is 0 Å². The number of terminal acetylenes is 1. The molecule has 0 aliphatic rings. The lowest BCUT2D eigenvalue weighted by Gasteiger charge is -2.11. The molecule has 1 atom stereocenters. The van der Waals surface area contributed by atoms with Gasteiger partial charge in [0.2, 0.25) is 0 Å². The summed E-state index contributed by atoms with van der Waals surface area (Å²) in [6, 6.07) is 3.74. The topological polar surface area (TPSA) is 34.4 Å². The van der Waals surface area contributed by atoms with Gasteiger partial charge in [0.05, 0.1) is 18.9 Å². The van der Waals surface area contributed by atoms with Crippen LogP contribution in [0.3, 0.4) is 0 Å². The van der Waals surface area contributed by atoms with Crippen molar-refractivity contribution in [3.05, 3.63) is 24.2 Å². The first-order valence-corrected chi connectivity index (χ1v) is 4.61. The van der Waals surface area contributed by atoms with Crippen LogP contribution in [0, 0.1) is 12.3 Å². The molecule has 3 nitrogen and oxygen atoms in total. The van der Waals surface area contributed by atoms with E-state index < -0.39 is 0 Å². The molecule has 0 saturated carbocycles. The maximum Gasteiger partial charge on any atom is 0.129 e. The molecule has 76 valence electrons. The Morgan fingerprint density at radius 2 is 2.57 bits per heavy atom. The average Bonchev–Trinajstić information content (AvgIpc) is 2.68. The number of furan rings is 1. The van der Waals surface area contributed by atoms with E-state index in [2.05, 4.69) is 11.2 Å². The first kappa shape index (κ1) is 10.8. The summed E-state index contributed by atoms with van der Waals surface area (Å²) in [5, 5.41) is 3.07. The van der Waals surface area contributed by atoms with Gasteiger partial charge >= 0.3 is 0 Å². The van der Waals surface area contributed by atoms with E-state index in [0.29, 0.717) is 13.2 Å². The standard InChI is InChI=1S/C11H15NO2/c1-3-6-12-8-10(2)14-9-11-5-4-7-13-11/h1,4-5,7,10,12H,6,8-9H2,2H3. The van der Waals surface area contributed by atoms with Crippen molar-refractivity contribution in [2.24, 2.45) is 0 Å². The first-order valence-electron chi connectivity index (χ1n) is 4.61. The normalized spacial score (nSPS) is 12.3. The lowest BCUT2D eigenvalue weighted by Crippen LogP contribution is -2.26. The smallest absolute Gasteiger partial charge is 0.129 e. The van der Waals surface area contributed by atoms with Crippen LogP contribution in [0.1, 0.15) is 12.7 Å². The maximum absolute atomic E-state index is 5.51. The molecule has 0 aliphatic carbocycles. The van der Waals surface area contributed by atoms with Crippen LogP contribution in [0.4, 0.5) is 0 Å². The number of hydrogen-bond donors (Lipinski definition) is 1. The van der Waals surface area contributed by atoms with Crippen molar-refractivity contribution in [2.75, 3.05) is 13.1 Å². The predicted molar refractivity (Wildman–Crippen MR) is 54.7 cm³/mol. The number of rotatable bonds is 6. The molecular weight excluding hydrogens is 178 g/mol. The molecule has 0 spiro atoms. The lowest BCUT2D eigenvalue weighted by atomic mass is 10.4. The summed E-state index contributed by atoms with van der Waals surface area (Å²) in [5.41, 5.74) is 0. The van der Waals surface area contributed by atoms with Crippen LogP contribution in [-0.4, -0.2) is 19.2 Å². The Morgan fingerprint density at radius 3 is 3.21 bits per heavy atom. The van der Waals surface area contributed by atoms with Gasteiger partial charge in [0.15, 0.2) is 0 Å². The highest BCUT2D eigenvalue weighted by Gasteiger charge is 2.02. The van der Waals surface area contributed by atoms with Crippen LogP contribution in [-0.2, 0) is 11.3 Å². The largest absolute Gasteiger partial charge is 0.467 e. The van der Waals surface area contributed by atoms with Gasteiger partial charge < -0.3 is 14.5 Å². The highest BCUT2D eigenvalue weighted by molar-refractivity contribution is 4.96. The second-order valence-corrected chi connectivity index (χ2v) is 3.04. The molecule has 1 N–H and O–H groups in total. The zero-order valence-electron chi connectivity index (χ0n) is 8.32. The summed E-state index contributed by atoms with van der Waals surface area (Å²) in [7, 11) is 0. The summed E-state index contributed by atoms with van der Waals surface area (Å²) >= 11 is 0. The van der Waals surface area contributed by atoms with Crippen molar-refractivity contribution in [2.45, 2.75) is 19.6 Å². The molecule has 0 aromatic carbocycles. The zero-order chi connectivity index (χ0) is 10.2. The zero-order valence-corrected chi connectivity index (χ0v) is 8.32. The molecule has 1 rings (SSSR count). The fourth-order valence-corrected chi connectivity index (χ4v) is 1.03. The summed E-state index contributed by atoms with van der Waals surface area (Å²) in [4.78, 5) is 0. The molecule has 14 heavy (non-hydrogen) atoms. The van der Waals surface area contributed by atoms with Gasteiger partial charge in [-0.15, -0.1) is 6.42 Å². The Kier molecular flexibility index (Phi) is 4.84. The summed E-state index contributed by atoms with van der Waals surface area (Å²) < 4.78 is 10.6. The number of nitrogens with one attached hydrogen (secondary N) is 1. The number of ether oxygens (including phenoxy) is 1. The van der Waals surface area contributed by atoms with E-state index in [1.165, 1.54) is 0 Å². The van der Waals surface area contributed by atoms with E-state index in [4.69, 9.17) is 15.6 Å². The molecule has 0 aliphatic heterocycles. The Labute approximate surface area is 84.4 Å². The number of hydrogen-bond acceptors (Lipinski definition) is 3. The molecule has 0 radical (unpaired) electrons. The molecule has 1 unspecified atom stereocenters. The third kappa shape index (κ3) is 4.13. The molecule has 0 bridgehead atoms. The minimum atomic E-state index is 0.133. The van der Waals surface area contributed by atoms with Crippen molar-refractivity contribution >= 4 is 0 Å². The Balaban J connectivity index is 2.09. The van der Waals surface area contributed by atoms with E-state index >= 15 is 0 Å². The van der Waals surface area contributed by atoms with E-state index in [9.17, 15) is 0 Å². The fraction of sp³-hybridized carbons (Fsp3) is 0.455. The van der Waals surface area contributed by atoms with Gasteiger partial charge in [-0.05, 0) is 19.1 Å². The van der Waals surface area contributed by atoms with Gasteiger partial charge in [-0.2, -0.15) is 0 Å². The lowest BCUT2D eigenvalue weighted by molar-refractivity contribution is 0.0436. The molecule has 0 amide bonds. The highest BCUT2D eigenvalue weighted by Crippen LogP contribution is 2.03. The van der Waals surface area contributed by atoms with Gasteiger partial charge in [-0.3, -0.25) is 0 Å². The maximum atomic E-state index is 5.51. The van der Waals surface area contributed by atoms with E-state index in [0.717, 1.165) is 12.3 Å². The van der Waals surface area contributed by atoms with Crippen molar-refractivity contribution in [1.29, 1.82) is 0 Å². The van der Waals surface area contributed by atoms with E-state index in [-0.39, 0.29) is 6.10 Å². The predicted octanol–water partition coefficient (Wildman–Crippen LogP) is 1.41. The SMILES string of the molecule is C#CCNCC(C)OCc1ccco1.